The molecule has 0 aliphatic heterocycles. The van der Waals surface area contributed by atoms with Gasteiger partial charge in [0.05, 0.1) is 18.4 Å². The van der Waals surface area contributed by atoms with Crippen LogP contribution in [0.15, 0.2) is 40.1 Å². The maximum atomic E-state index is 11.9. The first kappa shape index (κ1) is 17.0. The van der Waals surface area contributed by atoms with Gasteiger partial charge in [0.15, 0.2) is 0 Å². The quantitative estimate of drug-likeness (QED) is 0.524. The number of nitrogens with zero attached hydrogens (tertiary/aromatic N) is 1. The second kappa shape index (κ2) is 7.27. The van der Waals surface area contributed by atoms with Gasteiger partial charge in [0.2, 0.25) is 5.91 Å². The molecule has 9 nitrogen and oxygen atoms in total. The van der Waals surface area contributed by atoms with Gasteiger partial charge < -0.3 is 19.7 Å². The molecule has 2 rings (SSSR count). The summed E-state index contributed by atoms with van der Waals surface area (Å²) >= 11 is 0. The number of aromatic nitrogens is 2. The smallest absolute Gasteiger partial charge is 0.337 e. The summed E-state index contributed by atoms with van der Waals surface area (Å²) in [6.07, 6.45) is 1.24. The van der Waals surface area contributed by atoms with Crippen LogP contribution in [0.5, 0.6) is 5.75 Å². The van der Waals surface area contributed by atoms with Crippen molar-refractivity contribution in [2.45, 2.75) is 13.0 Å². The Hall–Kier alpha value is -3.36. The number of methoxy groups -OCH3 is 1. The molecule has 0 radical (unpaired) electrons. The lowest BCUT2D eigenvalue weighted by molar-refractivity contribution is -0.116. The number of aryl methyl sites for hydroxylation is 1. The number of aromatic hydroxyl groups is 1. The molecule has 0 bridgehead atoms. The molecule has 1 aromatic carbocycles. The van der Waals surface area contributed by atoms with E-state index < -0.39 is 23.1 Å². The number of benzene rings is 1. The van der Waals surface area contributed by atoms with Crippen molar-refractivity contribution in [1.29, 1.82) is 0 Å². The van der Waals surface area contributed by atoms with E-state index in [0.29, 0.717) is 0 Å². The largest absolute Gasteiger partial charge is 0.506 e. The van der Waals surface area contributed by atoms with Gasteiger partial charge in [-0.25, -0.2) is 9.59 Å². The third-order valence-corrected chi connectivity index (χ3v) is 3.17. The van der Waals surface area contributed by atoms with Gasteiger partial charge in [-0.1, -0.05) is 0 Å². The summed E-state index contributed by atoms with van der Waals surface area (Å²) in [6, 6.07) is 5.11. The first-order valence-corrected chi connectivity index (χ1v) is 6.91. The van der Waals surface area contributed by atoms with Crippen LogP contribution in [0.3, 0.4) is 0 Å². The van der Waals surface area contributed by atoms with Crippen LogP contribution in [0.4, 0.5) is 5.69 Å². The van der Waals surface area contributed by atoms with E-state index in [1.165, 1.54) is 42.1 Å². The van der Waals surface area contributed by atoms with Crippen molar-refractivity contribution in [1.82, 2.24) is 9.55 Å². The number of hydrogen-bond donors (Lipinski definition) is 3. The van der Waals surface area contributed by atoms with Gasteiger partial charge in [-0.05, 0) is 18.2 Å². The number of nitrogens with one attached hydrogen (secondary N) is 2. The molecule has 0 atom stereocenters. The highest BCUT2D eigenvalue weighted by Crippen LogP contribution is 2.24. The molecule has 2 aromatic rings. The second-order valence-electron chi connectivity index (χ2n) is 4.83. The molecule has 0 saturated carbocycles. The Kier molecular flexibility index (Phi) is 5.15. The molecule has 3 N–H and O–H groups in total. The summed E-state index contributed by atoms with van der Waals surface area (Å²) in [4.78, 5) is 47.7. The SMILES string of the molecule is COC(=O)c1ccc(NC(=O)CCn2ccc(=O)[nH]c2=O)c(O)c1. The number of hydrogen-bond acceptors (Lipinski definition) is 6. The predicted molar refractivity (Wildman–Crippen MR) is 84.0 cm³/mol. The Morgan fingerprint density at radius 3 is 2.67 bits per heavy atom. The summed E-state index contributed by atoms with van der Waals surface area (Å²) in [5.74, 6) is -1.35. The average molecular weight is 333 g/mol. The molecule has 0 unspecified atom stereocenters. The van der Waals surface area contributed by atoms with Crippen molar-refractivity contribution in [3.63, 3.8) is 0 Å². The molecule has 1 heterocycles. The van der Waals surface area contributed by atoms with E-state index in [1.807, 2.05) is 0 Å². The Balaban J connectivity index is 2.01. The highest BCUT2D eigenvalue weighted by Gasteiger charge is 2.11. The van der Waals surface area contributed by atoms with Gasteiger partial charge in [-0.2, -0.15) is 0 Å². The Labute approximate surface area is 135 Å². The standard InChI is InChI=1S/C15H15N3O6/c1-24-14(22)9-2-3-10(11(19)8-9)16-12(20)4-6-18-7-5-13(21)17-15(18)23/h2-3,5,7-8,19H,4,6H2,1H3,(H,16,20)(H,17,21,23). The van der Waals surface area contributed by atoms with Crippen molar-refractivity contribution < 1.29 is 19.4 Å². The minimum atomic E-state index is -0.611. The van der Waals surface area contributed by atoms with Crippen molar-refractivity contribution in [2.75, 3.05) is 12.4 Å². The lowest BCUT2D eigenvalue weighted by atomic mass is 10.2. The minimum absolute atomic E-state index is 0.0514. The van der Waals surface area contributed by atoms with E-state index in [2.05, 4.69) is 15.0 Å². The van der Waals surface area contributed by atoms with Crippen molar-refractivity contribution in [3.05, 3.63) is 56.9 Å². The fourth-order valence-electron chi connectivity index (χ4n) is 1.94. The van der Waals surface area contributed by atoms with E-state index in [4.69, 9.17) is 0 Å². The normalized spacial score (nSPS) is 10.2. The molecular formula is C15H15N3O6. The van der Waals surface area contributed by atoms with Crippen LogP contribution in [0.2, 0.25) is 0 Å². The maximum Gasteiger partial charge on any atom is 0.337 e. The van der Waals surface area contributed by atoms with E-state index in [0.717, 1.165) is 0 Å². The van der Waals surface area contributed by atoms with E-state index in [-0.39, 0.29) is 30.0 Å². The first-order chi connectivity index (χ1) is 11.4. The van der Waals surface area contributed by atoms with Gasteiger partial charge in [-0.15, -0.1) is 0 Å². The number of carbonyl (C=O) groups is 2. The number of esters is 1. The molecular weight excluding hydrogens is 318 g/mol. The molecule has 0 aliphatic rings. The third kappa shape index (κ3) is 4.09. The van der Waals surface area contributed by atoms with Crippen molar-refractivity contribution >= 4 is 17.6 Å². The van der Waals surface area contributed by atoms with Crippen LogP contribution in [0.1, 0.15) is 16.8 Å². The Bertz CT molecular complexity index is 883. The highest BCUT2D eigenvalue weighted by atomic mass is 16.5. The molecule has 24 heavy (non-hydrogen) atoms. The van der Waals surface area contributed by atoms with Gasteiger partial charge in [0.25, 0.3) is 5.56 Å². The van der Waals surface area contributed by atoms with Crippen LogP contribution in [0, 0.1) is 0 Å². The second-order valence-corrected chi connectivity index (χ2v) is 4.83. The van der Waals surface area contributed by atoms with Crippen LogP contribution in [0.25, 0.3) is 0 Å². The Morgan fingerprint density at radius 2 is 2.04 bits per heavy atom. The van der Waals surface area contributed by atoms with E-state index in [1.54, 1.807) is 0 Å². The zero-order chi connectivity index (χ0) is 17.7. The van der Waals surface area contributed by atoms with Crippen LogP contribution in [-0.4, -0.2) is 33.6 Å². The van der Waals surface area contributed by atoms with Crippen molar-refractivity contribution in [2.24, 2.45) is 0 Å². The molecule has 0 saturated heterocycles. The fourth-order valence-corrected chi connectivity index (χ4v) is 1.94. The molecule has 1 aromatic heterocycles. The number of anilines is 1. The number of aromatic amines is 1. The molecule has 0 fully saturated rings. The third-order valence-electron chi connectivity index (χ3n) is 3.17. The number of ether oxygens (including phenoxy) is 1. The number of phenols is 1. The topological polar surface area (TPSA) is 130 Å². The molecule has 0 spiro atoms. The minimum Gasteiger partial charge on any atom is -0.506 e. The first-order valence-electron chi connectivity index (χ1n) is 6.91. The van der Waals surface area contributed by atoms with Crippen LogP contribution < -0.4 is 16.6 Å². The summed E-state index contributed by atoms with van der Waals surface area (Å²) in [6.45, 7) is 0.0580. The number of phenolic OH excluding ortho intramolecular Hbond substituents is 1. The number of amides is 1. The van der Waals surface area contributed by atoms with Gasteiger partial charge in [0.1, 0.15) is 5.75 Å². The molecule has 9 heteroatoms. The lowest BCUT2D eigenvalue weighted by Crippen LogP contribution is -2.29. The maximum absolute atomic E-state index is 11.9. The zero-order valence-corrected chi connectivity index (χ0v) is 12.7. The van der Waals surface area contributed by atoms with Gasteiger partial charge >= 0.3 is 11.7 Å². The molecule has 126 valence electrons. The van der Waals surface area contributed by atoms with Crippen molar-refractivity contribution in [3.8, 4) is 5.75 Å². The number of carbonyl (C=O) groups excluding carboxylic acids is 2. The summed E-state index contributed by atoms with van der Waals surface area (Å²) < 4.78 is 5.71. The fraction of sp³-hybridized carbons (Fsp3) is 0.200. The molecule has 0 aliphatic carbocycles. The summed E-state index contributed by atoms with van der Waals surface area (Å²) in [5, 5.41) is 12.3. The highest BCUT2D eigenvalue weighted by molar-refractivity contribution is 5.94. The summed E-state index contributed by atoms with van der Waals surface area (Å²) in [5.41, 5.74) is -0.855. The number of rotatable bonds is 5. The zero-order valence-electron chi connectivity index (χ0n) is 12.7. The lowest BCUT2D eigenvalue weighted by Gasteiger charge is -2.09. The van der Waals surface area contributed by atoms with Crippen LogP contribution >= 0.6 is 0 Å². The van der Waals surface area contributed by atoms with Gasteiger partial charge in [-0.3, -0.25) is 14.6 Å². The number of H-pyrrole nitrogens is 1. The van der Waals surface area contributed by atoms with Gasteiger partial charge in [0, 0.05) is 25.2 Å². The van der Waals surface area contributed by atoms with E-state index in [9.17, 15) is 24.3 Å². The summed E-state index contributed by atoms with van der Waals surface area (Å²) in [7, 11) is 1.22. The Morgan fingerprint density at radius 1 is 1.29 bits per heavy atom. The monoisotopic (exact) mass is 333 g/mol. The van der Waals surface area contributed by atoms with Crippen LogP contribution in [-0.2, 0) is 16.1 Å². The van der Waals surface area contributed by atoms with E-state index >= 15 is 0 Å². The molecule has 1 amide bonds. The average Bonchev–Trinajstić information content (AvgIpc) is 2.55. The predicted octanol–water partition coefficient (Wildman–Crippen LogP) is 0.0576.